The molecule has 20 valence electrons. The molecule has 0 rings (SSSR count). The molecule has 0 aromatic carbocycles. The molecule has 0 saturated carbocycles. The van der Waals surface area contributed by atoms with Crippen LogP contribution in [0.2, 0.25) is 0 Å². The Balaban J connectivity index is 0. The Kier molecular flexibility index (Phi) is 105. The normalized spacial score (nSPS) is 0. The largest absolute Gasteiger partial charge is 0.316 e. The van der Waals surface area contributed by atoms with E-state index in [0.717, 1.165) is 0 Å². The van der Waals surface area contributed by atoms with E-state index in [0.29, 0.717) is 0 Å². The Morgan fingerprint density at radius 2 is 1.00 bits per heavy atom. The Bertz CT molecular complexity index is 8.00. The second-order valence-electron chi connectivity index (χ2n) is 0. The van der Waals surface area contributed by atoms with Gasteiger partial charge in [0.25, 0.3) is 0 Å². The molecule has 0 nitrogen and oxygen atoms in total. The molecule has 4 heteroatoms. The second kappa shape index (κ2) is 16.1. The zero-order valence-corrected chi connectivity index (χ0v) is 3.14. The summed E-state index contributed by atoms with van der Waals surface area (Å²) in [5, 5.41) is 0. The molecule has 0 unspecified atom stereocenters. The van der Waals surface area contributed by atoms with Crippen molar-refractivity contribution >= 4 is 74.4 Å². The fraction of sp³-hybridized carbons (Fsp3) is 0. The van der Waals surface area contributed by atoms with Gasteiger partial charge in [0.05, 0.1) is 0 Å². The SMILES string of the molecule is [Cr].[Fe].[KH].[MgH2]. The first kappa shape index (κ1) is 26.0. The minimum Gasteiger partial charge on any atom is 0.316 e. The van der Waals surface area contributed by atoms with E-state index in [1.54, 1.807) is 0 Å². The van der Waals surface area contributed by atoms with Gasteiger partial charge in [-0.15, -0.1) is 0 Å². The molecule has 0 aliphatic rings. The van der Waals surface area contributed by atoms with Crippen LogP contribution in [0.1, 0.15) is 0 Å². The molecule has 0 fully saturated rings. The number of hydrogen-bond acceptors (Lipinski definition) is 0. The standard InChI is InChI=1S/Cr.Fe.K.Mg.3H. The summed E-state index contributed by atoms with van der Waals surface area (Å²) < 4.78 is 0. The van der Waals surface area contributed by atoms with Crippen molar-refractivity contribution in [1.82, 2.24) is 0 Å². The van der Waals surface area contributed by atoms with E-state index in [2.05, 4.69) is 0 Å². The van der Waals surface area contributed by atoms with Crippen LogP contribution in [-0.2, 0) is 34.4 Å². The molecule has 0 atom stereocenters. The number of hydrogen-bond donors (Lipinski definition) is 0. The number of rotatable bonds is 0. The van der Waals surface area contributed by atoms with Gasteiger partial charge in [0, 0.05) is 34.4 Å². The van der Waals surface area contributed by atoms with Crippen molar-refractivity contribution in [1.29, 1.82) is 0 Å². The molecule has 0 heterocycles. The van der Waals surface area contributed by atoms with Gasteiger partial charge in [-0.2, -0.15) is 0 Å². The zero-order valence-electron chi connectivity index (χ0n) is 0.762. The van der Waals surface area contributed by atoms with Crippen LogP contribution in [0.3, 0.4) is 0 Å². The van der Waals surface area contributed by atoms with Crippen LogP contribution in [0.5, 0.6) is 0 Å². The van der Waals surface area contributed by atoms with Crippen LogP contribution in [0.25, 0.3) is 0 Å². The molecule has 0 aliphatic heterocycles. The van der Waals surface area contributed by atoms with Gasteiger partial charge in [-0.25, -0.2) is 0 Å². The molecule has 0 radical (unpaired) electrons. The Morgan fingerprint density at radius 3 is 1.00 bits per heavy atom. The third kappa shape index (κ3) is 9.07. The summed E-state index contributed by atoms with van der Waals surface area (Å²) in [4.78, 5) is 0. The molecule has 0 aliphatic carbocycles. The van der Waals surface area contributed by atoms with Gasteiger partial charge in [-0.1, -0.05) is 0 Å². The summed E-state index contributed by atoms with van der Waals surface area (Å²) in [7, 11) is 0. The maximum Gasteiger partial charge on any atom is 0.316 e. The molecule has 0 aromatic heterocycles. The fourth-order valence-corrected chi connectivity index (χ4v) is 0. The van der Waals surface area contributed by atoms with E-state index < -0.39 is 0 Å². The van der Waals surface area contributed by atoms with Crippen LogP contribution in [-0.4, -0.2) is 74.4 Å². The van der Waals surface area contributed by atoms with E-state index in [1.165, 1.54) is 0 Å². The van der Waals surface area contributed by atoms with Gasteiger partial charge >= 0.3 is 74.4 Å². The van der Waals surface area contributed by atoms with Crippen molar-refractivity contribution in [2.45, 2.75) is 0 Å². The predicted octanol–water partition coefficient (Wildman–Crippen LogP) is -1.57. The Morgan fingerprint density at radius 1 is 1.00 bits per heavy atom. The van der Waals surface area contributed by atoms with Crippen molar-refractivity contribution in [3.8, 4) is 0 Å². The summed E-state index contributed by atoms with van der Waals surface area (Å²) in [5.41, 5.74) is 0. The quantitative estimate of drug-likeness (QED) is 0.389. The zero-order chi connectivity index (χ0) is 0. The summed E-state index contributed by atoms with van der Waals surface area (Å²) in [6.07, 6.45) is 0. The van der Waals surface area contributed by atoms with Crippen molar-refractivity contribution in [3.63, 3.8) is 0 Å². The van der Waals surface area contributed by atoms with Crippen LogP contribution in [0.4, 0.5) is 0 Å². The van der Waals surface area contributed by atoms with E-state index in [9.17, 15) is 0 Å². The average Bonchev–Trinajstić information content (AvgIpc) is 0. The molecule has 0 bridgehead atoms. The van der Waals surface area contributed by atoms with Crippen LogP contribution in [0.15, 0.2) is 0 Å². The maximum absolute atomic E-state index is 0. The smallest absolute Gasteiger partial charge is 0.316 e. The Labute approximate surface area is 106 Å². The average molecular weight is 174 g/mol. The molecule has 0 N–H and O–H groups in total. The minimum atomic E-state index is 0. The van der Waals surface area contributed by atoms with E-state index in [-0.39, 0.29) is 109 Å². The summed E-state index contributed by atoms with van der Waals surface area (Å²) >= 11 is 0. The third-order valence-electron chi connectivity index (χ3n) is 0. The maximum atomic E-state index is 0. The molecule has 0 aromatic rings. The van der Waals surface area contributed by atoms with Crippen LogP contribution < -0.4 is 0 Å². The van der Waals surface area contributed by atoms with Crippen LogP contribution in [0, 0.1) is 0 Å². The molecule has 0 spiro atoms. The van der Waals surface area contributed by atoms with Crippen LogP contribution >= 0.6 is 0 Å². The van der Waals surface area contributed by atoms with Gasteiger partial charge < -0.3 is 0 Å². The summed E-state index contributed by atoms with van der Waals surface area (Å²) in [6, 6.07) is 0. The fourth-order valence-electron chi connectivity index (χ4n) is 0. The van der Waals surface area contributed by atoms with E-state index >= 15 is 0 Å². The third-order valence-corrected chi connectivity index (χ3v) is 0. The van der Waals surface area contributed by atoms with Crippen molar-refractivity contribution in [3.05, 3.63) is 0 Å². The van der Waals surface area contributed by atoms with Crippen molar-refractivity contribution in [2.75, 3.05) is 0 Å². The van der Waals surface area contributed by atoms with E-state index in [4.69, 9.17) is 0 Å². The monoisotopic (exact) mass is 174 g/mol. The summed E-state index contributed by atoms with van der Waals surface area (Å²) in [6.45, 7) is 0. The molecule has 0 amide bonds. The van der Waals surface area contributed by atoms with Gasteiger partial charge in [-0.05, 0) is 0 Å². The molecule has 0 saturated heterocycles. The first-order valence-electron chi connectivity index (χ1n) is 0. The van der Waals surface area contributed by atoms with Gasteiger partial charge in [-0.3, -0.25) is 0 Å². The minimum absolute atomic E-state index is 0. The molecular formula is H3CrFeKMg. The topological polar surface area (TPSA) is 0 Å². The van der Waals surface area contributed by atoms with E-state index in [1.807, 2.05) is 0 Å². The van der Waals surface area contributed by atoms with Gasteiger partial charge in [0.1, 0.15) is 0 Å². The first-order chi connectivity index (χ1) is 0. The van der Waals surface area contributed by atoms with Gasteiger partial charge in [0.15, 0.2) is 0 Å². The summed E-state index contributed by atoms with van der Waals surface area (Å²) in [5.74, 6) is 0. The predicted molar refractivity (Wildman–Crippen MR) is 15.7 cm³/mol. The molecular weight excluding hydrogens is 171 g/mol. The molecule has 4 heavy (non-hydrogen) atoms. The Hall–Kier alpha value is 3.45. The first-order valence-corrected chi connectivity index (χ1v) is 0. The van der Waals surface area contributed by atoms with Gasteiger partial charge in [0.2, 0.25) is 0 Å². The van der Waals surface area contributed by atoms with Crippen molar-refractivity contribution < 1.29 is 34.4 Å². The van der Waals surface area contributed by atoms with Crippen molar-refractivity contribution in [2.24, 2.45) is 0 Å². The second-order valence-corrected chi connectivity index (χ2v) is 0.